The van der Waals surface area contributed by atoms with Gasteiger partial charge in [-0.2, -0.15) is 0 Å². The molecule has 0 bridgehead atoms. The third-order valence-corrected chi connectivity index (χ3v) is 3.77. The van der Waals surface area contributed by atoms with Gasteiger partial charge in [-0.3, -0.25) is 10.1 Å². The second kappa shape index (κ2) is 4.51. The van der Waals surface area contributed by atoms with Crippen LogP contribution in [0.2, 0.25) is 0 Å². The van der Waals surface area contributed by atoms with Gasteiger partial charge < -0.3 is 5.32 Å². The molecule has 0 saturated carbocycles. The van der Waals surface area contributed by atoms with Gasteiger partial charge in [0.25, 0.3) is 5.91 Å². The minimum Gasteiger partial charge on any atom is -0.309 e. The minimum absolute atomic E-state index is 0.0981. The molecule has 1 aromatic carbocycles. The van der Waals surface area contributed by atoms with E-state index in [9.17, 15) is 4.79 Å². The lowest BCUT2D eigenvalue weighted by Crippen LogP contribution is -2.12. The van der Waals surface area contributed by atoms with Gasteiger partial charge in [0.1, 0.15) is 0 Å². The van der Waals surface area contributed by atoms with E-state index in [1.807, 2.05) is 25.1 Å². The number of benzene rings is 1. The summed E-state index contributed by atoms with van der Waals surface area (Å²) in [6.07, 6.45) is 1.76. The topological polar surface area (TPSA) is 54.0 Å². The number of amides is 1. The number of carbonyl (C=O) groups excluding carboxylic acids is 1. The highest BCUT2D eigenvalue weighted by molar-refractivity contribution is 7.15. The third-order valence-electron chi connectivity index (χ3n) is 2.94. The fourth-order valence-corrected chi connectivity index (χ4v) is 2.68. The maximum atomic E-state index is 12.1. The lowest BCUT2D eigenvalue weighted by Gasteiger charge is -2.04. The van der Waals surface area contributed by atoms with Crippen LogP contribution in [0.5, 0.6) is 0 Å². The van der Waals surface area contributed by atoms with E-state index in [4.69, 9.17) is 0 Å². The predicted molar refractivity (Wildman–Crippen MR) is 71.8 cm³/mol. The van der Waals surface area contributed by atoms with Gasteiger partial charge in [-0.15, -0.1) is 11.3 Å². The zero-order chi connectivity index (χ0) is 12.5. The summed E-state index contributed by atoms with van der Waals surface area (Å²) in [5.41, 5.74) is 3.17. The maximum absolute atomic E-state index is 12.1. The van der Waals surface area contributed by atoms with Crippen LogP contribution < -0.4 is 10.6 Å². The van der Waals surface area contributed by atoms with Crippen molar-refractivity contribution in [2.24, 2.45) is 0 Å². The first-order valence-electron chi connectivity index (χ1n) is 5.79. The summed E-state index contributed by atoms with van der Waals surface area (Å²) in [5.74, 6) is -0.0981. The van der Waals surface area contributed by atoms with Crippen molar-refractivity contribution in [1.82, 2.24) is 10.3 Å². The lowest BCUT2D eigenvalue weighted by atomic mass is 10.1. The first kappa shape index (κ1) is 11.4. The number of rotatable bonds is 2. The quantitative estimate of drug-likeness (QED) is 0.870. The second-order valence-electron chi connectivity index (χ2n) is 4.32. The summed E-state index contributed by atoms with van der Waals surface area (Å²) >= 11 is 1.48. The number of nitrogens with zero attached hydrogens (tertiary/aromatic N) is 1. The van der Waals surface area contributed by atoms with Gasteiger partial charge in [-0.25, -0.2) is 4.98 Å². The summed E-state index contributed by atoms with van der Waals surface area (Å²) in [6.45, 7) is 3.70. The molecule has 3 rings (SSSR count). The molecule has 0 radical (unpaired) electrons. The molecule has 2 N–H and O–H groups in total. The first-order chi connectivity index (χ1) is 8.72. The van der Waals surface area contributed by atoms with Crippen molar-refractivity contribution in [3.05, 3.63) is 46.0 Å². The van der Waals surface area contributed by atoms with Crippen molar-refractivity contribution in [2.45, 2.75) is 20.0 Å². The largest absolute Gasteiger partial charge is 0.309 e. The van der Waals surface area contributed by atoms with Crippen LogP contribution in [0.15, 0.2) is 24.4 Å². The van der Waals surface area contributed by atoms with E-state index in [-0.39, 0.29) is 5.91 Å². The van der Waals surface area contributed by atoms with Crippen LogP contribution in [0.3, 0.4) is 0 Å². The molecule has 1 aliphatic heterocycles. The van der Waals surface area contributed by atoms with Crippen LogP contribution in [0.4, 0.5) is 5.13 Å². The summed E-state index contributed by atoms with van der Waals surface area (Å²) in [4.78, 5) is 17.3. The molecule has 1 amide bonds. The van der Waals surface area contributed by atoms with Gasteiger partial charge in [-0.05, 0) is 30.2 Å². The Morgan fingerprint density at radius 3 is 3.00 bits per heavy atom. The van der Waals surface area contributed by atoms with E-state index < -0.39 is 0 Å². The number of hydrogen-bond donors (Lipinski definition) is 2. The monoisotopic (exact) mass is 259 g/mol. The molecule has 0 aliphatic carbocycles. The SMILES string of the molecule is Cc1cnc(NC(=O)c2ccc3c(c2)CNC3)s1. The molecule has 92 valence electrons. The van der Waals surface area contributed by atoms with E-state index >= 15 is 0 Å². The van der Waals surface area contributed by atoms with Crippen molar-refractivity contribution in [3.63, 3.8) is 0 Å². The van der Waals surface area contributed by atoms with Gasteiger partial charge in [0.2, 0.25) is 0 Å². The molecule has 0 spiro atoms. The third kappa shape index (κ3) is 2.14. The number of aryl methyl sites for hydroxylation is 1. The zero-order valence-electron chi connectivity index (χ0n) is 9.99. The molecule has 0 fully saturated rings. The van der Waals surface area contributed by atoms with Crippen LogP contribution >= 0.6 is 11.3 Å². The van der Waals surface area contributed by atoms with Gasteiger partial charge in [-0.1, -0.05) is 6.07 Å². The zero-order valence-corrected chi connectivity index (χ0v) is 10.8. The molecule has 1 aliphatic rings. The van der Waals surface area contributed by atoms with Crippen molar-refractivity contribution in [3.8, 4) is 0 Å². The summed E-state index contributed by atoms with van der Waals surface area (Å²) in [7, 11) is 0. The van der Waals surface area contributed by atoms with Crippen molar-refractivity contribution in [1.29, 1.82) is 0 Å². The standard InChI is InChI=1S/C13H13N3OS/c1-8-5-15-13(18-8)16-12(17)9-2-3-10-6-14-7-11(10)4-9/h2-5,14H,6-7H2,1H3,(H,15,16,17). The number of anilines is 1. The smallest absolute Gasteiger partial charge is 0.257 e. The predicted octanol–water partition coefficient (Wildman–Crippen LogP) is 2.31. The van der Waals surface area contributed by atoms with Crippen LogP contribution in [0.1, 0.15) is 26.4 Å². The van der Waals surface area contributed by atoms with Crippen LogP contribution in [-0.2, 0) is 13.1 Å². The average molecular weight is 259 g/mol. The molecular weight excluding hydrogens is 246 g/mol. The Balaban J connectivity index is 1.80. The number of nitrogens with one attached hydrogen (secondary N) is 2. The van der Waals surface area contributed by atoms with Crippen molar-refractivity contribution >= 4 is 22.4 Å². The molecule has 0 unspecified atom stereocenters. The number of fused-ring (bicyclic) bond motifs is 1. The number of thiazole rings is 1. The number of carbonyl (C=O) groups is 1. The first-order valence-corrected chi connectivity index (χ1v) is 6.60. The average Bonchev–Trinajstić information content (AvgIpc) is 2.96. The molecule has 5 heteroatoms. The Kier molecular flexibility index (Phi) is 2.85. The van der Waals surface area contributed by atoms with E-state index in [1.54, 1.807) is 6.20 Å². The Morgan fingerprint density at radius 2 is 2.22 bits per heavy atom. The fraction of sp³-hybridized carbons (Fsp3) is 0.231. The summed E-state index contributed by atoms with van der Waals surface area (Å²) in [6, 6.07) is 5.82. The highest BCUT2D eigenvalue weighted by atomic mass is 32.1. The molecule has 2 heterocycles. The Morgan fingerprint density at radius 1 is 1.39 bits per heavy atom. The minimum atomic E-state index is -0.0981. The lowest BCUT2D eigenvalue weighted by molar-refractivity contribution is 0.102. The Hall–Kier alpha value is -1.72. The molecular formula is C13H13N3OS. The van der Waals surface area contributed by atoms with E-state index in [0.29, 0.717) is 10.7 Å². The molecule has 2 aromatic rings. The van der Waals surface area contributed by atoms with Gasteiger partial charge in [0.15, 0.2) is 5.13 Å². The van der Waals surface area contributed by atoms with Gasteiger partial charge >= 0.3 is 0 Å². The van der Waals surface area contributed by atoms with E-state index in [1.165, 1.54) is 22.5 Å². The Labute approximate surface area is 109 Å². The molecule has 4 nitrogen and oxygen atoms in total. The van der Waals surface area contributed by atoms with E-state index in [0.717, 1.165) is 18.0 Å². The molecule has 18 heavy (non-hydrogen) atoms. The van der Waals surface area contributed by atoms with Crippen molar-refractivity contribution < 1.29 is 4.79 Å². The normalized spacial score (nSPS) is 13.4. The molecule has 1 aromatic heterocycles. The van der Waals surface area contributed by atoms with Crippen LogP contribution in [0, 0.1) is 6.92 Å². The van der Waals surface area contributed by atoms with Crippen molar-refractivity contribution in [2.75, 3.05) is 5.32 Å². The fourth-order valence-electron chi connectivity index (χ4n) is 2.02. The van der Waals surface area contributed by atoms with Gasteiger partial charge in [0.05, 0.1) is 0 Å². The highest BCUT2D eigenvalue weighted by Gasteiger charge is 2.14. The van der Waals surface area contributed by atoms with Crippen LogP contribution in [-0.4, -0.2) is 10.9 Å². The second-order valence-corrected chi connectivity index (χ2v) is 5.55. The number of hydrogen-bond acceptors (Lipinski definition) is 4. The Bertz CT molecular complexity index is 606. The number of aromatic nitrogens is 1. The summed E-state index contributed by atoms with van der Waals surface area (Å²) in [5, 5.41) is 6.73. The van der Waals surface area contributed by atoms with Gasteiger partial charge in [0, 0.05) is 29.7 Å². The van der Waals surface area contributed by atoms with Crippen LogP contribution in [0.25, 0.3) is 0 Å². The molecule has 0 atom stereocenters. The molecule has 0 saturated heterocycles. The summed E-state index contributed by atoms with van der Waals surface area (Å²) < 4.78 is 0. The highest BCUT2D eigenvalue weighted by Crippen LogP contribution is 2.20. The maximum Gasteiger partial charge on any atom is 0.257 e. The van der Waals surface area contributed by atoms with E-state index in [2.05, 4.69) is 15.6 Å².